The molecule has 0 N–H and O–H groups in total. The zero-order chi connectivity index (χ0) is 20.2. The zero-order valence-electron chi connectivity index (χ0n) is 17.7. The minimum absolute atomic E-state index is 0.205. The molecule has 0 atom stereocenters. The third kappa shape index (κ3) is 9.12. The number of nitrogens with zero attached hydrogens (tertiary/aromatic N) is 1. The minimum Gasteiger partial charge on any atom is -0.472 e. The number of carbonyl (C=O) groups excluding carboxylic acids is 1. The van der Waals surface area contributed by atoms with E-state index in [0.29, 0.717) is 6.54 Å². The van der Waals surface area contributed by atoms with Gasteiger partial charge in [-0.2, -0.15) is 0 Å². The normalized spacial score (nSPS) is 11.4. The molecular formula is C24H35NO3. The standard InChI is InChI=1S/C24H35NO3/c1-24(2,3)28-23(26)25(18-11-15-22-16-19-27-20-22)17-10-5-4-7-12-21-13-8-6-9-14-21/h6,8-9,13-14,16,19-20H,4-5,7,10-12,15,17-18H2,1-3H3. The Balaban J connectivity index is 1.70. The van der Waals surface area contributed by atoms with Crippen LogP contribution in [0.25, 0.3) is 0 Å². The van der Waals surface area contributed by atoms with Gasteiger partial charge in [-0.3, -0.25) is 0 Å². The molecule has 4 nitrogen and oxygen atoms in total. The summed E-state index contributed by atoms with van der Waals surface area (Å²) < 4.78 is 10.7. The van der Waals surface area contributed by atoms with Gasteiger partial charge in [0, 0.05) is 13.1 Å². The summed E-state index contributed by atoms with van der Waals surface area (Å²) in [5.74, 6) is 0. The first-order valence-corrected chi connectivity index (χ1v) is 10.5. The van der Waals surface area contributed by atoms with Crippen molar-refractivity contribution in [2.45, 2.75) is 71.3 Å². The Labute approximate surface area is 169 Å². The molecule has 0 aliphatic rings. The van der Waals surface area contributed by atoms with Gasteiger partial charge in [0.2, 0.25) is 0 Å². The summed E-state index contributed by atoms with van der Waals surface area (Å²) in [6, 6.07) is 12.6. The Bertz CT molecular complexity index is 659. The number of amides is 1. The van der Waals surface area contributed by atoms with Crippen LogP contribution in [0.15, 0.2) is 53.3 Å². The monoisotopic (exact) mass is 385 g/mol. The SMILES string of the molecule is CC(C)(C)OC(=O)N(CCCCCCc1ccccc1)CCCc1ccoc1. The maximum atomic E-state index is 12.5. The van der Waals surface area contributed by atoms with Gasteiger partial charge in [-0.1, -0.05) is 43.2 Å². The van der Waals surface area contributed by atoms with E-state index in [-0.39, 0.29) is 6.09 Å². The average molecular weight is 386 g/mol. The molecule has 0 fully saturated rings. The fourth-order valence-electron chi connectivity index (χ4n) is 3.16. The predicted molar refractivity (Wildman–Crippen MR) is 113 cm³/mol. The first-order valence-electron chi connectivity index (χ1n) is 10.5. The van der Waals surface area contributed by atoms with Gasteiger partial charge in [0.25, 0.3) is 0 Å². The van der Waals surface area contributed by atoms with Gasteiger partial charge in [-0.15, -0.1) is 0 Å². The fourth-order valence-corrected chi connectivity index (χ4v) is 3.16. The van der Waals surface area contributed by atoms with E-state index in [4.69, 9.17) is 9.15 Å². The van der Waals surface area contributed by atoms with E-state index in [0.717, 1.165) is 38.6 Å². The molecule has 2 rings (SSSR count). The quantitative estimate of drug-likeness (QED) is 0.429. The molecular weight excluding hydrogens is 350 g/mol. The number of benzene rings is 1. The topological polar surface area (TPSA) is 42.7 Å². The molecule has 28 heavy (non-hydrogen) atoms. The van der Waals surface area contributed by atoms with Crippen LogP contribution >= 0.6 is 0 Å². The highest BCUT2D eigenvalue weighted by Crippen LogP contribution is 2.13. The molecule has 1 heterocycles. The summed E-state index contributed by atoms with van der Waals surface area (Å²) in [6.07, 6.45) is 10.7. The summed E-state index contributed by atoms with van der Waals surface area (Å²) in [5.41, 5.74) is 2.11. The lowest BCUT2D eigenvalue weighted by molar-refractivity contribution is 0.0244. The molecule has 0 aliphatic carbocycles. The lowest BCUT2D eigenvalue weighted by Gasteiger charge is -2.27. The number of hydrogen-bond acceptors (Lipinski definition) is 3. The van der Waals surface area contributed by atoms with Gasteiger partial charge >= 0.3 is 6.09 Å². The summed E-state index contributed by atoms with van der Waals surface area (Å²) in [5, 5.41) is 0. The molecule has 0 aliphatic heterocycles. The Morgan fingerprint density at radius 1 is 0.893 bits per heavy atom. The van der Waals surface area contributed by atoms with E-state index in [9.17, 15) is 4.79 Å². The van der Waals surface area contributed by atoms with Crippen molar-refractivity contribution in [2.24, 2.45) is 0 Å². The van der Waals surface area contributed by atoms with Gasteiger partial charge in [0.1, 0.15) is 5.60 Å². The largest absolute Gasteiger partial charge is 0.472 e. The van der Waals surface area contributed by atoms with Crippen LogP contribution in [0.4, 0.5) is 4.79 Å². The lowest BCUT2D eigenvalue weighted by atomic mass is 10.1. The Hall–Kier alpha value is -2.23. The maximum absolute atomic E-state index is 12.5. The van der Waals surface area contributed by atoms with Gasteiger partial charge in [0.05, 0.1) is 12.5 Å². The van der Waals surface area contributed by atoms with Crippen LogP contribution in [0.5, 0.6) is 0 Å². The van der Waals surface area contributed by atoms with Crippen LogP contribution in [0.3, 0.4) is 0 Å². The first kappa shape index (κ1) is 22.1. The second-order valence-electron chi connectivity index (χ2n) is 8.35. The van der Waals surface area contributed by atoms with Gasteiger partial charge in [-0.05, 0) is 70.1 Å². The summed E-state index contributed by atoms with van der Waals surface area (Å²) >= 11 is 0. The number of carbonyl (C=O) groups is 1. The maximum Gasteiger partial charge on any atom is 0.410 e. The Morgan fingerprint density at radius 3 is 2.25 bits per heavy atom. The van der Waals surface area contributed by atoms with Crippen molar-refractivity contribution in [1.29, 1.82) is 0 Å². The number of furan rings is 1. The van der Waals surface area contributed by atoms with E-state index in [2.05, 4.69) is 30.3 Å². The Kier molecular flexibility index (Phi) is 9.12. The van der Waals surface area contributed by atoms with E-state index >= 15 is 0 Å². The zero-order valence-corrected chi connectivity index (χ0v) is 17.7. The molecule has 0 radical (unpaired) electrons. The molecule has 0 bridgehead atoms. The third-order valence-electron chi connectivity index (χ3n) is 4.61. The highest BCUT2D eigenvalue weighted by molar-refractivity contribution is 5.68. The minimum atomic E-state index is -0.463. The highest BCUT2D eigenvalue weighted by atomic mass is 16.6. The van der Waals surface area contributed by atoms with Crippen LogP contribution < -0.4 is 0 Å². The van der Waals surface area contributed by atoms with Gasteiger partial charge < -0.3 is 14.1 Å². The second-order valence-corrected chi connectivity index (χ2v) is 8.35. The molecule has 2 aromatic rings. The molecule has 1 aromatic carbocycles. The molecule has 0 saturated carbocycles. The van der Waals surface area contributed by atoms with Gasteiger partial charge in [-0.25, -0.2) is 4.79 Å². The number of ether oxygens (including phenoxy) is 1. The van der Waals surface area contributed by atoms with Crippen molar-refractivity contribution < 1.29 is 13.9 Å². The third-order valence-corrected chi connectivity index (χ3v) is 4.61. The summed E-state index contributed by atoms with van der Waals surface area (Å²) in [7, 11) is 0. The van der Waals surface area contributed by atoms with Crippen molar-refractivity contribution in [1.82, 2.24) is 4.90 Å². The van der Waals surface area contributed by atoms with Crippen LogP contribution in [0.1, 0.15) is 64.0 Å². The van der Waals surface area contributed by atoms with Crippen molar-refractivity contribution in [2.75, 3.05) is 13.1 Å². The van der Waals surface area contributed by atoms with Crippen molar-refractivity contribution in [3.8, 4) is 0 Å². The second kappa shape index (κ2) is 11.6. The molecule has 0 unspecified atom stereocenters. The van der Waals surface area contributed by atoms with Crippen molar-refractivity contribution in [3.63, 3.8) is 0 Å². The van der Waals surface area contributed by atoms with E-state index in [1.54, 1.807) is 12.5 Å². The van der Waals surface area contributed by atoms with Crippen LogP contribution in [-0.4, -0.2) is 29.7 Å². The summed E-state index contributed by atoms with van der Waals surface area (Å²) in [4.78, 5) is 14.4. The fraction of sp³-hybridized carbons (Fsp3) is 0.542. The Morgan fingerprint density at radius 2 is 1.57 bits per heavy atom. The molecule has 1 amide bonds. The predicted octanol–water partition coefficient (Wildman–Crippen LogP) is 6.25. The summed E-state index contributed by atoms with van der Waals surface area (Å²) in [6.45, 7) is 7.21. The molecule has 4 heteroatoms. The van der Waals surface area contributed by atoms with Crippen LogP contribution in [0.2, 0.25) is 0 Å². The molecule has 0 saturated heterocycles. The van der Waals surface area contributed by atoms with Crippen LogP contribution in [-0.2, 0) is 17.6 Å². The first-order chi connectivity index (χ1) is 13.4. The number of aryl methyl sites for hydroxylation is 2. The molecule has 0 spiro atoms. The number of hydrogen-bond donors (Lipinski definition) is 0. The van der Waals surface area contributed by atoms with E-state index < -0.39 is 5.60 Å². The van der Waals surface area contributed by atoms with Crippen molar-refractivity contribution in [3.05, 3.63) is 60.1 Å². The molecule has 1 aromatic heterocycles. The lowest BCUT2D eigenvalue weighted by Crippen LogP contribution is -2.38. The number of unbranched alkanes of at least 4 members (excludes halogenated alkanes) is 3. The number of rotatable bonds is 11. The van der Waals surface area contributed by atoms with E-state index in [1.807, 2.05) is 31.7 Å². The molecule has 154 valence electrons. The smallest absolute Gasteiger partial charge is 0.410 e. The average Bonchev–Trinajstić information content (AvgIpc) is 3.16. The van der Waals surface area contributed by atoms with E-state index in [1.165, 1.54) is 24.0 Å². The van der Waals surface area contributed by atoms with Crippen LogP contribution in [0, 0.1) is 0 Å². The highest BCUT2D eigenvalue weighted by Gasteiger charge is 2.21. The van der Waals surface area contributed by atoms with Crippen molar-refractivity contribution >= 4 is 6.09 Å². The van der Waals surface area contributed by atoms with Gasteiger partial charge in [0.15, 0.2) is 0 Å².